The van der Waals surface area contributed by atoms with Gasteiger partial charge in [0, 0.05) is 35.8 Å². The van der Waals surface area contributed by atoms with E-state index in [0.29, 0.717) is 23.5 Å². The van der Waals surface area contributed by atoms with Gasteiger partial charge in [0.2, 0.25) is 0 Å². The number of aromatic nitrogens is 1. The number of amides is 2. The fraction of sp³-hybridized carbons (Fsp3) is 0.174. The molecule has 3 aromatic rings. The van der Waals surface area contributed by atoms with Crippen molar-refractivity contribution < 1.29 is 14.3 Å². The van der Waals surface area contributed by atoms with Gasteiger partial charge in [0.1, 0.15) is 6.61 Å². The number of ether oxygens (including phenoxy) is 1. The van der Waals surface area contributed by atoms with Crippen molar-refractivity contribution in [3.05, 3.63) is 78.6 Å². The number of pyridine rings is 1. The van der Waals surface area contributed by atoms with Crippen LogP contribution in [0.3, 0.4) is 0 Å². The number of nitrogens with zero attached hydrogens (tertiary/aromatic N) is 3. The van der Waals surface area contributed by atoms with Crippen LogP contribution in [0.25, 0.3) is 11.1 Å². The number of benzene rings is 2. The van der Waals surface area contributed by atoms with E-state index in [9.17, 15) is 9.59 Å². The molecular formula is C23H25N5O3. The smallest absolute Gasteiger partial charge is 0.411 e. The molecule has 2 aromatic carbocycles. The minimum Gasteiger partial charge on any atom is -0.448 e. The molecule has 0 saturated heterocycles. The molecule has 8 nitrogen and oxygen atoms in total. The van der Waals surface area contributed by atoms with E-state index in [-0.39, 0.29) is 12.5 Å². The molecule has 0 saturated carbocycles. The third-order valence-corrected chi connectivity index (χ3v) is 4.49. The zero-order valence-corrected chi connectivity index (χ0v) is 17.5. The molecule has 0 radical (unpaired) electrons. The maximum absolute atomic E-state index is 12.8. The Balaban J connectivity index is 1.64. The minimum atomic E-state index is -0.548. The number of hydrogen-bond donors (Lipinski definition) is 2. The fourth-order valence-corrected chi connectivity index (χ4v) is 2.80. The highest BCUT2D eigenvalue weighted by Crippen LogP contribution is 2.24. The van der Waals surface area contributed by atoms with Gasteiger partial charge < -0.3 is 9.64 Å². The van der Waals surface area contributed by atoms with Crippen LogP contribution in [0.2, 0.25) is 0 Å². The molecule has 1 heterocycles. The highest BCUT2D eigenvalue weighted by Gasteiger charge is 2.15. The van der Waals surface area contributed by atoms with Crippen molar-refractivity contribution in [3.63, 3.8) is 0 Å². The second-order valence-corrected chi connectivity index (χ2v) is 7.11. The molecule has 3 N–H and O–H groups in total. The van der Waals surface area contributed by atoms with Gasteiger partial charge in [0.25, 0.3) is 5.91 Å². The van der Waals surface area contributed by atoms with E-state index in [1.54, 1.807) is 42.7 Å². The van der Waals surface area contributed by atoms with E-state index in [2.05, 4.69) is 10.3 Å². The Bertz CT molecular complexity index is 1020. The van der Waals surface area contributed by atoms with Gasteiger partial charge in [-0.3, -0.25) is 15.1 Å². The third-order valence-electron chi connectivity index (χ3n) is 4.49. The van der Waals surface area contributed by atoms with E-state index in [1.165, 1.54) is 0 Å². The van der Waals surface area contributed by atoms with Crippen LogP contribution in [-0.4, -0.2) is 49.1 Å². The Morgan fingerprint density at radius 2 is 1.77 bits per heavy atom. The minimum absolute atomic E-state index is 0.287. The number of nitrogens with two attached hydrogens (primary N) is 1. The SMILES string of the molecule is CN(C)CCOC(=O)Nc1ccc(C(=O)N(N)c2cccc(-c3cccnc3)c2)cc1. The molecule has 0 aliphatic rings. The van der Waals surface area contributed by atoms with E-state index >= 15 is 0 Å². The first-order chi connectivity index (χ1) is 14.9. The zero-order chi connectivity index (χ0) is 22.2. The number of nitrogens with one attached hydrogen (secondary N) is 1. The van der Waals surface area contributed by atoms with Crippen molar-refractivity contribution in [3.8, 4) is 11.1 Å². The van der Waals surface area contributed by atoms with Gasteiger partial charge in [-0.05, 0) is 62.1 Å². The highest BCUT2D eigenvalue weighted by atomic mass is 16.5. The summed E-state index contributed by atoms with van der Waals surface area (Å²) < 4.78 is 5.09. The van der Waals surface area contributed by atoms with Crippen LogP contribution < -0.4 is 16.2 Å². The van der Waals surface area contributed by atoms with Gasteiger partial charge in [-0.25, -0.2) is 15.6 Å². The fourth-order valence-electron chi connectivity index (χ4n) is 2.80. The molecule has 0 bridgehead atoms. The quantitative estimate of drug-likeness (QED) is 0.346. The maximum Gasteiger partial charge on any atom is 0.411 e. The summed E-state index contributed by atoms with van der Waals surface area (Å²) in [7, 11) is 3.79. The molecule has 0 spiro atoms. The molecule has 31 heavy (non-hydrogen) atoms. The first-order valence-corrected chi connectivity index (χ1v) is 9.72. The van der Waals surface area contributed by atoms with Gasteiger partial charge in [-0.2, -0.15) is 0 Å². The topological polar surface area (TPSA) is 101 Å². The first-order valence-electron chi connectivity index (χ1n) is 9.72. The van der Waals surface area contributed by atoms with Crippen molar-refractivity contribution in [2.24, 2.45) is 5.84 Å². The molecule has 0 unspecified atom stereocenters. The molecule has 0 fully saturated rings. The van der Waals surface area contributed by atoms with Gasteiger partial charge >= 0.3 is 6.09 Å². The maximum atomic E-state index is 12.8. The monoisotopic (exact) mass is 419 g/mol. The van der Waals surface area contributed by atoms with Crippen LogP contribution in [0.4, 0.5) is 16.2 Å². The predicted octanol–water partition coefficient (Wildman–Crippen LogP) is 3.38. The Labute approximate surface area is 181 Å². The second-order valence-electron chi connectivity index (χ2n) is 7.11. The Hall–Kier alpha value is -3.75. The van der Waals surface area contributed by atoms with Crippen molar-refractivity contribution in [1.82, 2.24) is 9.88 Å². The summed E-state index contributed by atoms with van der Waals surface area (Å²) in [6.45, 7) is 0.921. The number of hydrogen-bond acceptors (Lipinski definition) is 6. The van der Waals surface area contributed by atoms with E-state index < -0.39 is 6.09 Å². The number of carbonyl (C=O) groups excluding carboxylic acids is 2. The standard InChI is InChI=1S/C23H25N5O3/c1-27(2)13-14-31-23(30)26-20-10-8-17(9-11-20)22(29)28(24)21-7-3-5-18(15-21)19-6-4-12-25-16-19/h3-12,15-16H,13-14,24H2,1-2H3,(H,26,30). The van der Waals surface area contributed by atoms with Crippen molar-refractivity contribution in [2.45, 2.75) is 0 Å². The molecule has 160 valence electrons. The molecule has 2 amide bonds. The molecule has 3 rings (SSSR count). The average molecular weight is 419 g/mol. The van der Waals surface area contributed by atoms with Crippen molar-refractivity contribution in [1.29, 1.82) is 0 Å². The van der Waals surface area contributed by atoms with Gasteiger partial charge in [0.15, 0.2) is 0 Å². The van der Waals surface area contributed by atoms with Crippen LogP contribution in [0.1, 0.15) is 10.4 Å². The third kappa shape index (κ3) is 6.11. The molecule has 0 aliphatic carbocycles. The van der Waals surface area contributed by atoms with Crippen LogP contribution >= 0.6 is 0 Å². The number of hydrazine groups is 1. The average Bonchev–Trinajstić information content (AvgIpc) is 2.79. The summed E-state index contributed by atoms with van der Waals surface area (Å²) in [6.07, 6.45) is 2.90. The van der Waals surface area contributed by atoms with Gasteiger partial charge in [-0.15, -0.1) is 0 Å². The van der Waals surface area contributed by atoms with Crippen LogP contribution in [0.5, 0.6) is 0 Å². The lowest BCUT2D eigenvalue weighted by molar-refractivity contribution is 0.0987. The van der Waals surface area contributed by atoms with Crippen molar-refractivity contribution in [2.75, 3.05) is 37.6 Å². The molecule has 0 atom stereocenters. The van der Waals surface area contributed by atoms with Crippen LogP contribution in [0, 0.1) is 0 Å². The normalized spacial score (nSPS) is 10.6. The Morgan fingerprint density at radius 1 is 1.03 bits per heavy atom. The molecule has 1 aromatic heterocycles. The van der Waals surface area contributed by atoms with Gasteiger partial charge in [0.05, 0.1) is 5.69 Å². The summed E-state index contributed by atoms with van der Waals surface area (Å²) in [4.78, 5) is 30.6. The van der Waals surface area contributed by atoms with Gasteiger partial charge in [-0.1, -0.05) is 18.2 Å². The van der Waals surface area contributed by atoms with E-state index in [4.69, 9.17) is 10.6 Å². The zero-order valence-electron chi connectivity index (χ0n) is 17.5. The lowest BCUT2D eigenvalue weighted by atomic mass is 10.1. The predicted molar refractivity (Wildman–Crippen MR) is 121 cm³/mol. The largest absolute Gasteiger partial charge is 0.448 e. The lowest BCUT2D eigenvalue weighted by Gasteiger charge is -2.18. The summed E-state index contributed by atoms with van der Waals surface area (Å²) >= 11 is 0. The summed E-state index contributed by atoms with van der Waals surface area (Å²) in [5, 5.41) is 3.72. The van der Waals surface area contributed by atoms with E-state index in [1.807, 2.05) is 49.3 Å². The lowest BCUT2D eigenvalue weighted by Crippen LogP contribution is -2.37. The first kappa shape index (κ1) is 21.9. The Kier molecular flexibility index (Phi) is 7.31. The second kappa shape index (κ2) is 10.3. The summed E-state index contributed by atoms with van der Waals surface area (Å²) in [5.74, 6) is 5.72. The number of anilines is 2. The van der Waals surface area contributed by atoms with Crippen LogP contribution in [0.15, 0.2) is 73.1 Å². The van der Waals surface area contributed by atoms with Crippen LogP contribution in [-0.2, 0) is 4.74 Å². The van der Waals surface area contributed by atoms with E-state index in [0.717, 1.165) is 16.1 Å². The molecular weight excluding hydrogens is 394 g/mol. The number of rotatable bonds is 7. The number of likely N-dealkylation sites (N-methyl/N-ethyl adjacent to an activating group) is 1. The molecule has 8 heteroatoms. The summed E-state index contributed by atoms with van der Waals surface area (Å²) in [6, 6.07) is 17.6. The summed E-state index contributed by atoms with van der Waals surface area (Å²) in [5.41, 5.74) is 3.30. The molecule has 0 aliphatic heterocycles. The highest BCUT2D eigenvalue weighted by molar-refractivity contribution is 6.05. The van der Waals surface area contributed by atoms with Crippen molar-refractivity contribution >= 4 is 23.4 Å². The Morgan fingerprint density at radius 3 is 2.45 bits per heavy atom. The number of carbonyl (C=O) groups is 2.